The van der Waals surface area contributed by atoms with Gasteiger partial charge in [-0.3, -0.25) is 9.69 Å². The Bertz CT molecular complexity index is 1440. The van der Waals surface area contributed by atoms with E-state index >= 15 is 0 Å². The zero-order valence-electron chi connectivity index (χ0n) is 23.7. The zero-order chi connectivity index (χ0) is 29.1. The van der Waals surface area contributed by atoms with Crippen LogP contribution in [0.2, 0.25) is 0 Å². The zero-order valence-corrected chi connectivity index (χ0v) is 24.5. The standard InChI is InChI=1S/C28H36N10O3S/c1-22-31-24(20-42-22)18-35-8-4-9-37(12-11-35)28(40)32-26-6-3-2-5-25(26)27(39)30-17-23-19-38(34-33-23)14-16-41-15-13-36-10-7-29-21-36/h2-3,5-7,10,19-21H,4,8-9,11-18H2,1H3,(H,30,39)(H,32,40). The third-order valence-corrected chi connectivity index (χ3v) is 7.70. The minimum atomic E-state index is -0.302. The summed E-state index contributed by atoms with van der Waals surface area (Å²) in [6.07, 6.45) is 8.04. The number of thiazole rings is 1. The van der Waals surface area contributed by atoms with E-state index in [1.165, 1.54) is 0 Å². The van der Waals surface area contributed by atoms with Crippen molar-refractivity contribution in [2.24, 2.45) is 0 Å². The molecule has 0 bridgehead atoms. The lowest BCUT2D eigenvalue weighted by Gasteiger charge is -2.22. The number of urea groups is 1. The number of hydrogen-bond acceptors (Lipinski definition) is 9. The smallest absolute Gasteiger partial charge is 0.321 e. The van der Waals surface area contributed by atoms with E-state index in [2.05, 4.69) is 41.2 Å². The summed E-state index contributed by atoms with van der Waals surface area (Å²) < 4.78 is 9.29. The molecule has 4 heterocycles. The largest absolute Gasteiger partial charge is 0.378 e. The van der Waals surface area contributed by atoms with Crippen LogP contribution in [-0.2, 0) is 30.9 Å². The van der Waals surface area contributed by atoms with Gasteiger partial charge in [-0.1, -0.05) is 17.3 Å². The molecule has 1 aromatic carbocycles. The van der Waals surface area contributed by atoms with Gasteiger partial charge in [0.05, 0.1) is 60.8 Å². The van der Waals surface area contributed by atoms with Crippen LogP contribution in [0.15, 0.2) is 54.6 Å². The van der Waals surface area contributed by atoms with Crippen LogP contribution in [0, 0.1) is 6.92 Å². The van der Waals surface area contributed by atoms with Crippen LogP contribution in [-0.4, -0.2) is 90.7 Å². The number of aryl methyl sites for hydroxylation is 1. The number of ether oxygens (including phenoxy) is 1. The van der Waals surface area contributed by atoms with E-state index in [4.69, 9.17) is 4.74 Å². The number of para-hydroxylation sites is 1. The lowest BCUT2D eigenvalue weighted by Crippen LogP contribution is -2.38. The van der Waals surface area contributed by atoms with Gasteiger partial charge in [-0.15, -0.1) is 16.4 Å². The van der Waals surface area contributed by atoms with Gasteiger partial charge < -0.3 is 24.8 Å². The Labute approximate surface area is 248 Å². The number of carbonyl (C=O) groups is 2. The first-order valence-corrected chi connectivity index (χ1v) is 14.9. The molecular formula is C28H36N10O3S. The van der Waals surface area contributed by atoms with E-state index in [9.17, 15) is 9.59 Å². The molecule has 42 heavy (non-hydrogen) atoms. The third kappa shape index (κ3) is 8.44. The highest BCUT2D eigenvalue weighted by Crippen LogP contribution is 2.17. The van der Waals surface area contributed by atoms with Crippen molar-refractivity contribution in [2.75, 3.05) is 44.7 Å². The third-order valence-electron chi connectivity index (χ3n) is 6.88. The number of aromatic nitrogens is 6. The number of nitrogens with one attached hydrogen (secondary N) is 2. The lowest BCUT2D eigenvalue weighted by atomic mass is 10.1. The first-order valence-electron chi connectivity index (χ1n) is 14.0. The minimum Gasteiger partial charge on any atom is -0.378 e. The van der Waals surface area contributed by atoms with Crippen molar-refractivity contribution >= 4 is 29.0 Å². The number of anilines is 1. The van der Waals surface area contributed by atoms with Gasteiger partial charge in [0.15, 0.2) is 0 Å². The number of hydrogen-bond donors (Lipinski definition) is 2. The highest BCUT2D eigenvalue weighted by molar-refractivity contribution is 7.09. The Morgan fingerprint density at radius 3 is 2.79 bits per heavy atom. The molecule has 5 rings (SSSR count). The molecule has 0 spiro atoms. The molecule has 3 aromatic heterocycles. The Balaban J connectivity index is 1.07. The van der Waals surface area contributed by atoms with E-state index in [1.807, 2.05) is 17.7 Å². The van der Waals surface area contributed by atoms with Crippen LogP contribution < -0.4 is 10.6 Å². The van der Waals surface area contributed by atoms with Gasteiger partial charge in [0.2, 0.25) is 0 Å². The fraction of sp³-hybridized carbons (Fsp3) is 0.429. The fourth-order valence-electron chi connectivity index (χ4n) is 4.67. The molecule has 1 fully saturated rings. The van der Waals surface area contributed by atoms with Gasteiger partial charge in [-0.25, -0.2) is 19.4 Å². The average molecular weight is 593 g/mol. The molecule has 1 aliphatic rings. The minimum absolute atomic E-state index is 0.211. The highest BCUT2D eigenvalue weighted by Gasteiger charge is 2.21. The lowest BCUT2D eigenvalue weighted by molar-refractivity contribution is 0.0951. The number of imidazole rings is 1. The molecule has 1 aliphatic heterocycles. The summed E-state index contributed by atoms with van der Waals surface area (Å²) in [4.78, 5) is 38.9. The van der Waals surface area contributed by atoms with Gasteiger partial charge in [0.1, 0.15) is 5.69 Å². The van der Waals surface area contributed by atoms with Crippen molar-refractivity contribution in [3.8, 4) is 0 Å². The molecule has 0 saturated carbocycles. The number of benzene rings is 1. The van der Waals surface area contributed by atoms with E-state index in [-0.39, 0.29) is 18.5 Å². The van der Waals surface area contributed by atoms with Crippen LogP contribution in [0.5, 0.6) is 0 Å². The first kappa shape index (κ1) is 29.4. The van der Waals surface area contributed by atoms with Gasteiger partial charge in [0.25, 0.3) is 5.91 Å². The number of carbonyl (C=O) groups excluding carboxylic acids is 2. The molecule has 0 unspecified atom stereocenters. The molecule has 0 radical (unpaired) electrons. The van der Waals surface area contributed by atoms with Crippen molar-refractivity contribution in [2.45, 2.75) is 39.5 Å². The van der Waals surface area contributed by atoms with E-state index in [0.29, 0.717) is 49.8 Å². The summed E-state index contributed by atoms with van der Waals surface area (Å²) in [6, 6.07) is 6.80. The molecule has 222 valence electrons. The summed E-state index contributed by atoms with van der Waals surface area (Å²) in [5, 5.41) is 17.2. The van der Waals surface area contributed by atoms with E-state index < -0.39 is 0 Å². The summed E-state index contributed by atoms with van der Waals surface area (Å²) in [5.41, 5.74) is 2.56. The molecule has 3 amide bonds. The summed E-state index contributed by atoms with van der Waals surface area (Å²) in [7, 11) is 0. The number of rotatable bonds is 12. The number of amides is 3. The van der Waals surface area contributed by atoms with Crippen LogP contribution in [0.1, 0.15) is 33.2 Å². The van der Waals surface area contributed by atoms with Crippen molar-refractivity contribution in [3.05, 3.63) is 76.5 Å². The van der Waals surface area contributed by atoms with Crippen LogP contribution in [0.4, 0.5) is 10.5 Å². The number of nitrogens with zero attached hydrogens (tertiary/aromatic N) is 8. The summed E-state index contributed by atoms with van der Waals surface area (Å²) in [5.74, 6) is -0.302. The van der Waals surface area contributed by atoms with Gasteiger partial charge in [-0.2, -0.15) is 0 Å². The maximum atomic E-state index is 13.2. The maximum Gasteiger partial charge on any atom is 0.321 e. The predicted molar refractivity (Wildman–Crippen MR) is 158 cm³/mol. The fourth-order valence-corrected chi connectivity index (χ4v) is 5.27. The van der Waals surface area contributed by atoms with Crippen molar-refractivity contribution in [1.29, 1.82) is 0 Å². The molecule has 4 aromatic rings. The molecule has 13 nitrogen and oxygen atoms in total. The monoisotopic (exact) mass is 592 g/mol. The van der Waals surface area contributed by atoms with Gasteiger partial charge >= 0.3 is 6.03 Å². The van der Waals surface area contributed by atoms with E-state index in [0.717, 1.165) is 43.3 Å². The quantitative estimate of drug-likeness (QED) is 0.240. The summed E-state index contributed by atoms with van der Waals surface area (Å²) >= 11 is 1.66. The van der Waals surface area contributed by atoms with Crippen molar-refractivity contribution < 1.29 is 14.3 Å². The van der Waals surface area contributed by atoms with E-state index in [1.54, 1.807) is 63.9 Å². The van der Waals surface area contributed by atoms with Crippen molar-refractivity contribution in [3.63, 3.8) is 0 Å². The molecule has 0 aliphatic carbocycles. The van der Waals surface area contributed by atoms with Crippen molar-refractivity contribution in [1.82, 2.24) is 44.6 Å². The Hall–Kier alpha value is -4.14. The normalized spacial score (nSPS) is 14.1. The van der Waals surface area contributed by atoms with Crippen LogP contribution in [0.25, 0.3) is 0 Å². The molecular weight excluding hydrogens is 556 g/mol. The molecule has 0 atom stereocenters. The second-order valence-electron chi connectivity index (χ2n) is 10.0. The van der Waals surface area contributed by atoms with Crippen LogP contribution >= 0.6 is 11.3 Å². The van der Waals surface area contributed by atoms with Gasteiger partial charge in [0, 0.05) is 57.0 Å². The molecule has 2 N–H and O–H groups in total. The topological polar surface area (TPSA) is 135 Å². The Morgan fingerprint density at radius 1 is 1.07 bits per heavy atom. The SMILES string of the molecule is Cc1nc(CN2CCCN(C(=O)Nc3ccccc3C(=O)NCc3cn(CCOCCn4ccnc4)nn3)CC2)cs1. The molecule has 1 saturated heterocycles. The predicted octanol–water partition coefficient (Wildman–Crippen LogP) is 2.63. The second-order valence-corrected chi connectivity index (χ2v) is 11.1. The maximum absolute atomic E-state index is 13.2. The summed E-state index contributed by atoms with van der Waals surface area (Å²) in [6.45, 7) is 8.31. The second kappa shape index (κ2) is 14.7. The first-order chi connectivity index (χ1) is 20.5. The Morgan fingerprint density at radius 2 is 1.95 bits per heavy atom. The highest BCUT2D eigenvalue weighted by atomic mass is 32.1. The average Bonchev–Trinajstić information content (AvgIpc) is 3.73. The van der Waals surface area contributed by atoms with Crippen LogP contribution in [0.3, 0.4) is 0 Å². The molecule has 14 heteroatoms. The van der Waals surface area contributed by atoms with Gasteiger partial charge in [-0.05, 0) is 25.5 Å². The Kier molecular flexibility index (Phi) is 10.2.